The zero-order chi connectivity index (χ0) is 39.9. The van der Waals surface area contributed by atoms with E-state index in [-0.39, 0.29) is 29.6 Å². The molecule has 0 bridgehead atoms. The predicted molar refractivity (Wildman–Crippen MR) is 215 cm³/mol. The van der Waals surface area contributed by atoms with Gasteiger partial charge in [-0.05, 0) is 51.9 Å². The second kappa shape index (κ2) is 24.5. The molecule has 17 heteroatoms. The molecular formula is C38H59N8O8P. The largest absolute Gasteiger partial charge is 0.405 e. The second-order valence-corrected chi connectivity index (χ2v) is 14.8. The Morgan fingerprint density at radius 1 is 1.00 bits per heavy atom. The molecule has 0 aromatic carbocycles. The number of nitrogen functional groups attached to an aromatic ring is 1. The molecule has 1 aliphatic rings. The van der Waals surface area contributed by atoms with E-state index in [2.05, 4.69) is 104 Å². The van der Waals surface area contributed by atoms with Crippen LogP contribution in [0.5, 0.6) is 0 Å². The molecule has 55 heavy (non-hydrogen) atoms. The van der Waals surface area contributed by atoms with Crippen molar-refractivity contribution in [1.82, 2.24) is 35.2 Å². The van der Waals surface area contributed by atoms with E-state index < -0.39 is 43.9 Å². The van der Waals surface area contributed by atoms with Crippen molar-refractivity contribution in [3.8, 4) is 0 Å². The molecular weight excluding hydrogens is 727 g/mol. The number of anilines is 1. The molecule has 16 nitrogen and oxygen atoms in total. The summed E-state index contributed by atoms with van der Waals surface area (Å²) in [5, 5.41) is 30.7. The summed E-state index contributed by atoms with van der Waals surface area (Å²) in [6.45, 7) is 4.62. The molecule has 0 radical (unpaired) electrons. The molecule has 1 aliphatic heterocycles. The monoisotopic (exact) mass is 786 g/mol. The molecule has 1 saturated heterocycles. The number of carbonyl (C=O) groups is 1. The zero-order valence-corrected chi connectivity index (χ0v) is 33.0. The van der Waals surface area contributed by atoms with E-state index in [4.69, 9.17) is 19.5 Å². The van der Waals surface area contributed by atoms with Gasteiger partial charge in [0.05, 0.1) is 12.9 Å². The first kappa shape index (κ1) is 45.4. The average Bonchev–Trinajstić information content (AvgIpc) is 3.67. The first-order valence-corrected chi connectivity index (χ1v) is 20.3. The Balaban J connectivity index is 1.22. The standard InChI is InChI=1S/C38H59N8O8P/c1-4-5-6-7-8-9-10-11-12-13-14-15-16-17-18-19-20-21-22-23-31(47)41-26-24-40-25-27-43-55(51,52-3)53-28-30-33(48)38(2,50)36(54-30)46-29-42-32-34(46)44-37(39)45-35(32)49/h5-6,8-9,11-12,14-15,17-18,20-21,29-30,33,36,40,48,50H,4,7,10,13,16,19,22-28H2,1-3H3,(H,41,47)(H,43,51)(H3,39,44,45,49). The van der Waals surface area contributed by atoms with Gasteiger partial charge in [-0.2, -0.15) is 4.98 Å². The van der Waals surface area contributed by atoms with Crippen molar-refractivity contribution >= 4 is 30.8 Å². The van der Waals surface area contributed by atoms with E-state index in [1.54, 1.807) is 0 Å². The van der Waals surface area contributed by atoms with E-state index in [9.17, 15) is 24.4 Å². The van der Waals surface area contributed by atoms with Crippen LogP contribution in [0.25, 0.3) is 11.2 Å². The number of aliphatic hydroxyl groups excluding tert-OH is 1. The summed E-state index contributed by atoms with van der Waals surface area (Å²) in [7, 11) is -2.59. The van der Waals surface area contributed by atoms with Crippen LogP contribution >= 0.6 is 7.75 Å². The van der Waals surface area contributed by atoms with Crippen LogP contribution < -0.4 is 27.0 Å². The molecule has 8 N–H and O–H groups in total. The summed E-state index contributed by atoms with van der Waals surface area (Å²) < 4.78 is 30.9. The molecule has 0 aliphatic carbocycles. The van der Waals surface area contributed by atoms with Crippen molar-refractivity contribution in [2.75, 3.05) is 45.6 Å². The molecule has 0 saturated carbocycles. The number of H-pyrrole nitrogens is 1. The number of aliphatic hydroxyl groups is 2. The zero-order valence-electron chi connectivity index (χ0n) is 32.1. The lowest BCUT2D eigenvalue weighted by Crippen LogP contribution is -2.44. The van der Waals surface area contributed by atoms with Crippen LogP contribution in [0.4, 0.5) is 5.95 Å². The fourth-order valence-electron chi connectivity index (χ4n) is 5.47. The van der Waals surface area contributed by atoms with Crippen LogP contribution in [0.2, 0.25) is 0 Å². The Bertz CT molecular complexity index is 1750. The third-order valence-electron chi connectivity index (χ3n) is 8.47. The maximum absolute atomic E-state index is 13.1. The highest BCUT2D eigenvalue weighted by Crippen LogP contribution is 2.45. The van der Waals surface area contributed by atoms with E-state index >= 15 is 0 Å². The lowest BCUT2D eigenvalue weighted by molar-refractivity contribution is -0.120. The number of amides is 1. The van der Waals surface area contributed by atoms with Gasteiger partial charge in [0.2, 0.25) is 11.9 Å². The maximum atomic E-state index is 13.1. The maximum Gasteiger partial charge on any atom is 0.405 e. The summed E-state index contributed by atoms with van der Waals surface area (Å²) in [6, 6.07) is 0. The number of imidazole rings is 1. The van der Waals surface area contributed by atoms with Crippen LogP contribution in [-0.4, -0.2) is 93.3 Å². The van der Waals surface area contributed by atoms with Gasteiger partial charge in [0, 0.05) is 39.7 Å². The van der Waals surface area contributed by atoms with Crippen LogP contribution in [0.15, 0.2) is 84.0 Å². The number of carbonyl (C=O) groups excluding carboxylic acids is 1. The highest BCUT2D eigenvalue weighted by Gasteiger charge is 2.54. The fourth-order valence-corrected chi connectivity index (χ4v) is 6.52. The average molecular weight is 787 g/mol. The number of aromatic nitrogens is 4. The van der Waals surface area contributed by atoms with Gasteiger partial charge in [0.1, 0.15) is 17.8 Å². The number of ether oxygens (including phenoxy) is 1. The Labute approximate surface area is 323 Å². The topological polar surface area (TPSA) is 228 Å². The number of hydrogen-bond acceptors (Lipinski definition) is 12. The molecule has 2 aromatic rings. The third-order valence-corrected chi connectivity index (χ3v) is 10.1. The minimum atomic E-state index is -3.81. The molecule has 5 atom stereocenters. The van der Waals surface area contributed by atoms with Gasteiger partial charge in [-0.3, -0.25) is 23.7 Å². The van der Waals surface area contributed by atoms with Crippen molar-refractivity contribution in [2.45, 2.75) is 89.3 Å². The number of nitrogens with zero attached hydrogens (tertiary/aromatic N) is 3. The minimum Gasteiger partial charge on any atom is -0.387 e. The van der Waals surface area contributed by atoms with Gasteiger partial charge in [0.15, 0.2) is 17.4 Å². The molecule has 5 unspecified atom stereocenters. The van der Waals surface area contributed by atoms with Gasteiger partial charge in [-0.25, -0.2) is 14.6 Å². The first-order chi connectivity index (χ1) is 26.5. The molecule has 0 spiro atoms. The number of nitrogens with two attached hydrogens (primary N) is 1. The highest BCUT2D eigenvalue weighted by atomic mass is 31.2. The van der Waals surface area contributed by atoms with E-state index in [0.717, 1.165) is 38.5 Å². The summed E-state index contributed by atoms with van der Waals surface area (Å²) in [6.07, 6.45) is 30.0. The molecule has 304 valence electrons. The van der Waals surface area contributed by atoms with Crippen molar-refractivity contribution < 1.29 is 33.4 Å². The Kier molecular flexibility index (Phi) is 20.2. The van der Waals surface area contributed by atoms with Crippen LogP contribution in [0.3, 0.4) is 0 Å². The van der Waals surface area contributed by atoms with Crippen LogP contribution in [0, 0.1) is 0 Å². The molecule has 3 heterocycles. The number of nitrogens with one attached hydrogen (secondary N) is 4. The lowest BCUT2D eigenvalue weighted by atomic mass is 9.96. The lowest BCUT2D eigenvalue weighted by Gasteiger charge is -2.27. The number of aromatic amines is 1. The van der Waals surface area contributed by atoms with Gasteiger partial charge in [-0.1, -0.05) is 79.8 Å². The Hall–Kier alpha value is -3.99. The second-order valence-electron chi connectivity index (χ2n) is 12.9. The SMILES string of the molecule is CCC=CCC=CCC=CCC=CCC=CCC=CCCC(=O)NCCNCCNP(=O)(OC)OCC1OC(n2cnc3c(=O)[nH]c(N)nc32)C(C)(O)C1O. The quantitative estimate of drug-likeness (QED) is 0.0403. The predicted octanol–water partition coefficient (Wildman–Crippen LogP) is 4.26. The Morgan fingerprint density at radius 2 is 1.58 bits per heavy atom. The van der Waals surface area contributed by atoms with E-state index in [1.807, 2.05) is 6.08 Å². The van der Waals surface area contributed by atoms with Gasteiger partial charge in [0.25, 0.3) is 5.56 Å². The molecule has 2 aromatic heterocycles. The van der Waals surface area contributed by atoms with Crippen molar-refractivity contribution in [3.05, 3.63) is 89.6 Å². The molecule has 3 rings (SSSR count). The highest BCUT2D eigenvalue weighted by molar-refractivity contribution is 7.51. The van der Waals surface area contributed by atoms with Gasteiger partial charge >= 0.3 is 7.75 Å². The minimum absolute atomic E-state index is 0.0243. The van der Waals surface area contributed by atoms with Crippen molar-refractivity contribution in [3.63, 3.8) is 0 Å². The summed E-state index contributed by atoms with van der Waals surface area (Å²) >= 11 is 0. The molecule has 1 fully saturated rings. The first-order valence-electron chi connectivity index (χ1n) is 18.7. The summed E-state index contributed by atoms with van der Waals surface area (Å²) in [5.74, 6) is -0.194. The van der Waals surface area contributed by atoms with Crippen molar-refractivity contribution in [2.24, 2.45) is 0 Å². The Morgan fingerprint density at radius 3 is 2.18 bits per heavy atom. The summed E-state index contributed by atoms with van der Waals surface area (Å²) in [4.78, 5) is 34.8. The summed E-state index contributed by atoms with van der Waals surface area (Å²) in [5.41, 5.74) is 3.27. The number of rotatable bonds is 26. The van der Waals surface area contributed by atoms with Crippen LogP contribution in [-0.2, 0) is 23.1 Å². The smallest absolute Gasteiger partial charge is 0.387 e. The van der Waals surface area contributed by atoms with Gasteiger partial charge < -0.3 is 35.8 Å². The molecule has 1 amide bonds. The van der Waals surface area contributed by atoms with Crippen molar-refractivity contribution in [1.29, 1.82) is 0 Å². The third kappa shape index (κ3) is 15.6. The van der Waals surface area contributed by atoms with Gasteiger partial charge in [-0.15, -0.1) is 0 Å². The number of hydrogen-bond donors (Lipinski definition) is 7. The van der Waals surface area contributed by atoms with E-state index in [1.165, 1.54) is 24.9 Å². The number of allylic oxidation sites excluding steroid dienone is 12. The number of fused-ring (bicyclic) bond motifs is 1. The van der Waals surface area contributed by atoms with E-state index in [0.29, 0.717) is 32.5 Å². The fraction of sp³-hybridized carbons (Fsp3) is 0.526. The normalized spacial score (nSPS) is 21.9. The van der Waals surface area contributed by atoms with Crippen LogP contribution in [0.1, 0.15) is 71.4 Å².